The molecule has 3 rings (SSSR count). The molecule has 8 heteroatoms. The van der Waals surface area contributed by atoms with Crippen LogP contribution in [0.3, 0.4) is 0 Å². The Labute approximate surface area is 163 Å². The molecule has 1 aliphatic heterocycles. The highest BCUT2D eigenvalue weighted by molar-refractivity contribution is 7.89. The van der Waals surface area contributed by atoms with E-state index in [1.54, 1.807) is 6.92 Å². The molecule has 0 bridgehead atoms. The lowest BCUT2D eigenvalue weighted by molar-refractivity contribution is 0.0922. The summed E-state index contributed by atoms with van der Waals surface area (Å²) in [7, 11) is -3.77. The van der Waals surface area contributed by atoms with Crippen LogP contribution in [0.15, 0.2) is 47.4 Å². The number of benzene rings is 2. The number of hydrogen-bond acceptors (Lipinski definition) is 4. The lowest BCUT2D eigenvalue weighted by atomic mass is 10.0. The van der Waals surface area contributed by atoms with Crippen molar-refractivity contribution in [1.82, 2.24) is 9.62 Å². The Morgan fingerprint density at radius 3 is 2.67 bits per heavy atom. The number of fused-ring (bicyclic) bond motifs is 1. The number of amides is 1. The van der Waals surface area contributed by atoms with Crippen LogP contribution >= 0.6 is 11.6 Å². The number of aliphatic hydroxyl groups is 1. The standard InChI is InChI=1S/C19H21ClN2O4S/c1-13(12-23)21-19(24)17-10-16(6-7-18(17)20)27(25,26)22-9-8-14-4-2-3-5-15(14)11-22/h2-7,10,13,23H,8-9,11-12H2,1H3,(H,21,24). The van der Waals surface area contributed by atoms with Gasteiger partial charge in [-0.25, -0.2) is 8.42 Å². The first-order chi connectivity index (χ1) is 12.8. The third kappa shape index (κ3) is 4.16. The van der Waals surface area contributed by atoms with Crippen LogP contribution in [0.1, 0.15) is 28.4 Å². The number of rotatable bonds is 5. The van der Waals surface area contributed by atoms with Crippen LogP contribution < -0.4 is 5.32 Å². The van der Waals surface area contributed by atoms with Crippen LogP contribution in [0, 0.1) is 0 Å². The Kier molecular flexibility index (Phi) is 5.86. The number of hydrogen-bond donors (Lipinski definition) is 2. The molecular weight excluding hydrogens is 388 g/mol. The largest absolute Gasteiger partial charge is 0.394 e. The molecule has 1 amide bonds. The molecule has 0 saturated carbocycles. The fourth-order valence-corrected chi connectivity index (χ4v) is 4.66. The second-order valence-electron chi connectivity index (χ2n) is 6.56. The van der Waals surface area contributed by atoms with E-state index in [-0.39, 0.29) is 22.1 Å². The first kappa shape index (κ1) is 19.8. The lowest BCUT2D eigenvalue weighted by Crippen LogP contribution is -2.37. The Bertz CT molecular complexity index is 962. The summed E-state index contributed by atoms with van der Waals surface area (Å²) in [5, 5.41) is 11.8. The minimum Gasteiger partial charge on any atom is -0.394 e. The summed E-state index contributed by atoms with van der Waals surface area (Å²) in [4.78, 5) is 12.4. The summed E-state index contributed by atoms with van der Waals surface area (Å²) < 4.78 is 27.6. The molecule has 2 aromatic rings. The molecule has 0 spiro atoms. The molecule has 27 heavy (non-hydrogen) atoms. The fourth-order valence-electron chi connectivity index (χ4n) is 3.01. The zero-order valence-electron chi connectivity index (χ0n) is 14.9. The number of aliphatic hydroxyl groups excluding tert-OH is 1. The zero-order chi connectivity index (χ0) is 19.6. The molecule has 144 valence electrons. The summed E-state index contributed by atoms with van der Waals surface area (Å²) in [6.07, 6.45) is 0.643. The van der Waals surface area contributed by atoms with Gasteiger partial charge in [0.25, 0.3) is 5.91 Å². The smallest absolute Gasteiger partial charge is 0.253 e. The maximum atomic E-state index is 13.1. The minimum absolute atomic E-state index is 0.0214. The summed E-state index contributed by atoms with van der Waals surface area (Å²) >= 11 is 6.09. The highest BCUT2D eigenvalue weighted by atomic mass is 35.5. The molecule has 1 heterocycles. The van der Waals surface area contributed by atoms with E-state index in [1.807, 2.05) is 24.3 Å². The third-order valence-corrected chi connectivity index (χ3v) is 6.74. The number of nitrogens with one attached hydrogen (secondary N) is 1. The monoisotopic (exact) mass is 408 g/mol. The second kappa shape index (κ2) is 7.98. The Morgan fingerprint density at radius 2 is 1.96 bits per heavy atom. The van der Waals surface area contributed by atoms with E-state index in [4.69, 9.17) is 16.7 Å². The van der Waals surface area contributed by atoms with Crippen molar-refractivity contribution in [3.63, 3.8) is 0 Å². The van der Waals surface area contributed by atoms with Crippen LogP contribution in [0.2, 0.25) is 5.02 Å². The van der Waals surface area contributed by atoms with Gasteiger partial charge < -0.3 is 10.4 Å². The van der Waals surface area contributed by atoms with Gasteiger partial charge in [0.1, 0.15) is 0 Å². The van der Waals surface area contributed by atoms with E-state index in [9.17, 15) is 13.2 Å². The van der Waals surface area contributed by atoms with Gasteiger partial charge in [-0.1, -0.05) is 35.9 Å². The number of halogens is 1. The Morgan fingerprint density at radius 1 is 1.26 bits per heavy atom. The topological polar surface area (TPSA) is 86.7 Å². The van der Waals surface area contributed by atoms with E-state index in [0.717, 1.165) is 11.1 Å². The van der Waals surface area contributed by atoms with Gasteiger partial charge in [-0.3, -0.25) is 4.79 Å². The average Bonchev–Trinajstić information content (AvgIpc) is 2.67. The van der Waals surface area contributed by atoms with Crippen LogP contribution in [0.4, 0.5) is 0 Å². The van der Waals surface area contributed by atoms with Crippen LogP contribution in [0.25, 0.3) is 0 Å². The van der Waals surface area contributed by atoms with Crippen molar-refractivity contribution in [3.8, 4) is 0 Å². The van der Waals surface area contributed by atoms with Gasteiger partial charge in [-0.2, -0.15) is 4.31 Å². The van der Waals surface area contributed by atoms with Crippen molar-refractivity contribution in [3.05, 3.63) is 64.2 Å². The molecule has 0 aliphatic carbocycles. The fraction of sp³-hybridized carbons (Fsp3) is 0.316. The SMILES string of the molecule is CC(CO)NC(=O)c1cc(S(=O)(=O)N2CCc3ccccc3C2)ccc1Cl. The van der Waals surface area contributed by atoms with Gasteiger partial charge in [0, 0.05) is 19.1 Å². The summed E-state index contributed by atoms with van der Waals surface area (Å²) in [6, 6.07) is 11.4. The van der Waals surface area contributed by atoms with Crippen molar-refractivity contribution >= 4 is 27.5 Å². The van der Waals surface area contributed by atoms with Gasteiger partial charge in [0.05, 0.1) is 22.1 Å². The number of nitrogens with zero attached hydrogens (tertiary/aromatic N) is 1. The first-order valence-corrected chi connectivity index (χ1v) is 10.4. The maximum absolute atomic E-state index is 13.1. The van der Waals surface area contributed by atoms with E-state index in [2.05, 4.69) is 5.32 Å². The average molecular weight is 409 g/mol. The van der Waals surface area contributed by atoms with Crippen molar-refractivity contribution in [1.29, 1.82) is 0 Å². The van der Waals surface area contributed by atoms with Crippen molar-refractivity contribution in [2.45, 2.75) is 30.8 Å². The number of carbonyl (C=O) groups is 1. The molecule has 2 N–H and O–H groups in total. The molecule has 1 unspecified atom stereocenters. The molecular formula is C19H21ClN2O4S. The van der Waals surface area contributed by atoms with Crippen molar-refractivity contribution in [2.24, 2.45) is 0 Å². The number of sulfonamides is 1. The van der Waals surface area contributed by atoms with Gasteiger partial charge in [0.2, 0.25) is 10.0 Å². The van der Waals surface area contributed by atoms with Gasteiger partial charge in [-0.15, -0.1) is 0 Å². The van der Waals surface area contributed by atoms with E-state index < -0.39 is 22.0 Å². The predicted octanol–water partition coefficient (Wildman–Crippen LogP) is 2.20. The third-order valence-electron chi connectivity index (χ3n) is 4.57. The van der Waals surface area contributed by atoms with E-state index in [1.165, 1.54) is 22.5 Å². The highest BCUT2D eigenvalue weighted by Gasteiger charge is 2.29. The van der Waals surface area contributed by atoms with E-state index >= 15 is 0 Å². The first-order valence-electron chi connectivity index (χ1n) is 8.61. The van der Waals surface area contributed by atoms with Gasteiger partial charge >= 0.3 is 0 Å². The van der Waals surface area contributed by atoms with E-state index in [0.29, 0.717) is 19.5 Å². The lowest BCUT2D eigenvalue weighted by Gasteiger charge is -2.28. The molecule has 1 aliphatic rings. The molecule has 2 aromatic carbocycles. The number of carbonyl (C=O) groups excluding carboxylic acids is 1. The van der Waals surface area contributed by atoms with Crippen molar-refractivity contribution < 1.29 is 18.3 Å². The molecule has 0 fully saturated rings. The van der Waals surface area contributed by atoms with Crippen LogP contribution in [-0.4, -0.2) is 42.9 Å². The summed E-state index contributed by atoms with van der Waals surface area (Å²) in [5.74, 6) is -0.525. The molecule has 0 radical (unpaired) electrons. The Hall–Kier alpha value is -1.93. The normalized spacial score (nSPS) is 15.8. The van der Waals surface area contributed by atoms with Gasteiger partial charge in [-0.05, 0) is 42.7 Å². The second-order valence-corrected chi connectivity index (χ2v) is 8.90. The molecule has 0 saturated heterocycles. The minimum atomic E-state index is -3.77. The summed E-state index contributed by atoms with van der Waals surface area (Å²) in [5.41, 5.74) is 2.20. The Balaban J connectivity index is 1.89. The van der Waals surface area contributed by atoms with Crippen LogP contribution in [0.5, 0.6) is 0 Å². The van der Waals surface area contributed by atoms with Crippen molar-refractivity contribution in [2.75, 3.05) is 13.2 Å². The molecule has 0 aromatic heterocycles. The zero-order valence-corrected chi connectivity index (χ0v) is 16.4. The van der Waals surface area contributed by atoms with Gasteiger partial charge in [0.15, 0.2) is 0 Å². The highest BCUT2D eigenvalue weighted by Crippen LogP contribution is 2.27. The maximum Gasteiger partial charge on any atom is 0.253 e. The molecule has 6 nitrogen and oxygen atoms in total. The van der Waals surface area contributed by atoms with Crippen LogP contribution in [-0.2, 0) is 23.0 Å². The summed E-state index contributed by atoms with van der Waals surface area (Å²) in [6.45, 7) is 2.08. The molecule has 1 atom stereocenters. The predicted molar refractivity (Wildman–Crippen MR) is 103 cm³/mol. The quantitative estimate of drug-likeness (QED) is 0.794.